The fourth-order valence-corrected chi connectivity index (χ4v) is 4.21. The molecule has 1 aliphatic heterocycles. The average molecular weight is 457 g/mol. The van der Waals surface area contributed by atoms with Crippen LogP contribution < -0.4 is 15.4 Å². The minimum atomic E-state index is -0.262. The maximum Gasteiger partial charge on any atom is 0.289 e. The number of nitrogens with one attached hydrogen (secondary N) is 2. The number of benzene rings is 2. The molecule has 1 aromatic heterocycles. The molecule has 0 saturated carbocycles. The zero-order valence-electron chi connectivity index (χ0n) is 19.5. The van der Waals surface area contributed by atoms with Gasteiger partial charge in [0.2, 0.25) is 5.82 Å². The van der Waals surface area contributed by atoms with Gasteiger partial charge in [0.15, 0.2) is 0 Å². The van der Waals surface area contributed by atoms with Crippen LogP contribution in [0.25, 0.3) is 22.0 Å². The summed E-state index contributed by atoms with van der Waals surface area (Å²) in [6, 6.07) is 13.8. The monoisotopic (exact) mass is 456 g/mol. The molecule has 0 aliphatic carbocycles. The van der Waals surface area contributed by atoms with Crippen LogP contribution in [0, 0.1) is 11.3 Å². The standard InChI is InChI=1S/C26H28N6O2/c1-17(14-27)15-29-24-21-13-19(7-6-18(21)8-9-23(24)34-3)22-10-11-28-25(31-22)26(33)30-20-5-4-12-32(2)16-20/h6-11,13,20,29H,1,4-5,12,15-16H2,2-3H3,(H,30,33)/t20-/m0/s1. The number of hydrogen-bond donors (Lipinski definition) is 2. The quantitative estimate of drug-likeness (QED) is 0.524. The summed E-state index contributed by atoms with van der Waals surface area (Å²) in [5.74, 6) is 0.553. The Morgan fingerprint density at radius 3 is 2.91 bits per heavy atom. The molecule has 2 aromatic carbocycles. The second kappa shape index (κ2) is 10.3. The van der Waals surface area contributed by atoms with Crippen molar-refractivity contribution in [2.45, 2.75) is 18.9 Å². The number of likely N-dealkylation sites (tertiary alicyclic amines) is 1. The number of likely N-dealkylation sites (N-methyl/N-ethyl adjacent to an activating group) is 1. The summed E-state index contributed by atoms with van der Waals surface area (Å²) < 4.78 is 5.54. The van der Waals surface area contributed by atoms with Crippen LogP contribution in [0.15, 0.2) is 54.7 Å². The normalized spacial score (nSPS) is 16.0. The molecule has 1 fully saturated rings. The van der Waals surface area contributed by atoms with Crippen LogP contribution in [0.2, 0.25) is 0 Å². The van der Waals surface area contributed by atoms with Gasteiger partial charge in [-0.3, -0.25) is 4.79 Å². The molecule has 2 N–H and O–H groups in total. The van der Waals surface area contributed by atoms with Crippen molar-refractivity contribution in [3.05, 3.63) is 60.6 Å². The molecule has 4 rings (SSSR count). The van der Waals surface area contributed by atoms with Gasteiger partial charge in [-0.2, -0.15) is 5.26 Å². The van der Waals surface area contributed by atoms with E-state index in [-0.39, 0.29) is 17.8 Å². The number of hydrogen-bond acceptors (Lipinski definition) is 7. The van der Waals surface area contributed by atoms with Crippen molar-refractivity contribution < 1.29 is 9.53 Å². The largest absolute Gasteiger partial charge is 0.495 e. The van der Waals surface area contributed by atoms with E-state index in [1.165, 1.54) is 0 Å². The molecule has 174 valence electrons. The molecule has 1 amide bonds. The van der Waals surface area contributed by atoms with Crippen LogP contribution in [-0.4, -0.2) is 60.6 Å². The van der Waals surface area contributed by atoms with Crippen molar-refractivity contribution in [3.63, 3.8) is 0 Å². The summed E-state index contributed by atoms with van der Waals surface area (Å²) in [6.45, 7) is 5.92. The summed E-state index contributed by atoms with van der Waals surface area (Å²) in [4.78, 5) is 23.8. The lowest BCUT2D eigenvalue weighted by molar-refractivity contribution is 0.0902. The predicted octanol–water partition coefficient (Wildman–Crippen LogP) is 3.62. The molecule has 0 spiro atoms. The Morgan fingerprint density at radius 2 is 2.15 bits per heavy atom. The van der Waals surface area contributed by atoms with Crippen molar-refractivity contribution in [1.82, 2.24) is 20.2 Å². The number of fused-ring (bicyclic) bond motifs is 1. The van der Waals surface area contributed by atoms with Crippen molar-refractivity contribution >= 4 is 22.4 Å². The van der Waals surface area contributed by atoms with Gasteiger partial charge in [0.25, 0.3) is 5.91 Å². The van der Waals surface area contributed by atoms with Gasteiger partial charge in [-0.1, -0.05) is 24.8 Å². The van der Waals surface area contributed by atoms with Crippen LogP contribution in [-0.2, 0) is 0 Å². The third-order valence-corrected chi connectivity index (χ3v) is 5.95. The van der Waals surface area contributed by atoms with Gasteiger partial charge in [-0.25, -0.2) is 9.97 Å². The van der Waals surface area contributed by atoms with E-state index < -0.39 is 0 Å². The first-order chi connectivity index (χ1) is 16.5. The summed E-state index contributed by atoms with van der Waals surface area (Å²) in [5.41, 5.74) is 2.69. The topological polar surface area (TPSA) is 103 Å². The second-order valence-corrected chi connectivity index (χ2v) is 8.49. The molecular formula is C26H28N6O2. The molecule has 1 saturated heterocycles. The molecule has 0 bridgehead atoms. The number of piperidine rings is 1. The lowest BCUT2D eigenvalue weighted by Gasteiger charge is -2.29. The third kappa shape index (κ3) is 5.16. The number of nitrogens with zero attached hydrogens (tertiary/aromatic N) is 4. The van der Waals surface area contributed by atoms with Gasteiger partial charge < -0.3 is 20.3 Å². The Bertz CT molecular complexity index is 1270. The van der Waals surface area contributed by atoms with Crippen molar-refractivity contribution in [2.75, 3.05) is 39.1 Å². The highest BCUT2D eigenvalue weighted by Crippen LogP contribution is 2.35. The van der Waals surface area contributed by atoms with E-state index >= 15 is 0 Å². The lowest BCUT2D eigenvalue weighted by atomic mass is 10.0. The first-order valence-electron chi connectivity index (χ1n) is 11.2. The maximum atomic E-state index is 12.8. The second-order valence-electron chi connectivity index (χ2n) is 8.49. The zero-order valence-corrected chi connectivity index (χ0v) is 19.5. The van der Waals surface area contributed by atoms with Gasteiger partial charge in [0.1, 0.15) is 5.75 Å². The average Bonchev–Trinajstić information content (AvgIpc) is 2.86. The van der Waals surface area contributed by atoms with Gasteiger partial charge in [-0.05, 0) is 50.0 Å². The number of nitriles is 1. The number of anilines is 1. The van der Waals surface area contributed by atoms with Crippen LogP contribution in [0.5, 0.6) is 5.75 Å². The molecule has 0 radical (unpaired) electrons. The van der Waals surface area contributed by atoms with E-state index in [4.69, 9.17) is 10.00 Å². The third-order valence-electron chi connectivity index (χ3n) is 5.95. The lowest BCUT2D eigenvalue weighted by Crippen LogP contribution is -2.46. The van der Waals surface area contributed by atoms with Crippen LogP contribution in [0.3, 0.4) is 0 Å². The number of carbonyl (C=O) groups excluding carboxylic acids is 1. The molecule has 1 atom stereocenters. The number of carbonyl (C=O) groups is 1. The molecule has 2 heterocycles. The first-order valence-corrected chi connectivity index (χ1v) is 11.2. The van der Waals surface area contributed by atoms with Crippen LogP contribution in [0.4, 0.5) is 5.69 Å². The molecule has 8 heteroatoms. The smallest absolute Gasteiger partial charge is 0.289 e. The van der Waals surface area contributed by atoms with E-state index in [0.29, 0.717) is 23.6 Å². The highest BCUT2D eigenvalue weighted by molar-refractivity contribution is 5.99. The predicted molar refractivity (Wildman–Crippen MR) is 133 cm³/mol. The van der Waals surface area contributed by atoms with Crippen LogP contribution >= 0.6 is 0 Å². The van der Waals surface area contributed by atoms with Gasteiger partial charge in [0.05, 0.1) is 24.6 Å². The number of ether oxygens (including phenoxy) is 1. The van der Waals surface area contributed by atoms with Gasteiger partial charge in [-0.15, -0.1) is 0 Å². The maximum absolute atomic E-state index is 12.8. The molecule has 1 aliphatic rings. The SMILES string of the molecule is C=C(C#N)CNc1c(OC)ccc2ccc(-c3ccnc(C(=O)N[C@H]4CCCN(C)C4)n3)cc12. The molecule has 34 heavy (non-hydrogen) atoms. The number of methoxy groups -OCH3 is 1. The summed E-state index contributed by atoms with van der Waals surface area (Å²) in [6.07, 6.45) is 3.62. The fraction of sp³-hybridized carbons (Fsp3) is 0.308. The zero-order chi connectivity index (χ0) is 24.1. The Labute approximate surface area is 199 Å². The first kappa shape index (κ1) is 23.2. The molecular weight excluding hydrogens is 428 g/mol. The Balaban J connectivity index is 1.64. The molecule has 0 unspecified atom stereocenters. The number of amides is 1. The van der Waals surface area contributed by atoms with Crippen molar-refractivity contribution in [2.24, 2.45) is 0 Å². The van der Waals surface area contributed by atoms with Crippen molar-refractivity contribution in [3.8, 4) is 23.1 Å². The van der Waals surface area contributed by atoms with Gasteiger partial charge in [0, 0.05) is 41.9 Å². The minimum absolute atomic E-state index is 0.100. The molecule has 3 aromatic rings. The van der Waals surface area contributed by atoms with E-state index in [2.05, 4.69) is 45.2 Å². The van der Waals surface area contributed by atoms with Gasteiger partial charge >= 0.3 is 0 Å². The fourth-order valence-electron chi connectivity index (χ4n) is 4.21. The van der Waals surface area contributed by atoms with E-state index in [9.17, 15) is 4.79 Å². The van der Waals surface area contributed by atoms with Crippen molar-refractivity contribution in [1.29, 1.82) is 5.26 Å². The highest BCUT2D eigenvalue weighted by Gasteiger charge is 2.21. The summed E-state index contributed by atoms with van der Waals surface area (Å²) in [5, 5.41) is 17.3. The summed E-state index contributed by atoms with van der Waals surface area (Å²) >= 11 is 0. The van der Waals surface area contributed by atoms with E-state index in [1.54, 1.807) is 19.4 Å². The Hall–Kier alpha value is -3.96. The summed E-state index contributed by atoms with van der Waals surface area (Å²) in [7, 11) is 3.66. The molecule has 8 nitrogen and oxygen atoms in total. The minimum Gasteiger partial charge on any atom is -0.495 e. The van der Waals surface area contributed by atoms with Crippen LogP contribution in [0.1, 0.15) is 23.5 Å². The van der Waals surface area contributed by atoms with E-state index in [0.717, 1.165) is 48.0 Å². The Morgan fingerprint density at radius 1 is 1.32 bits per heavy atom. The van der Waals surface area contributed by atoms with E-state index in [1.807, 2.05) is 30.3 Å². The highest BCUT2D eigenvalue weighted by atomic mass is 16.5. The number of rotatable bonds is 7. The number of aromatic nitrogens is 2. The Kier molecular flexibility index (Phi) is 7.04.